The second kappa shape index (κ2) is 23.2. The van der Waals surface area contributed by atoms with Gasteiger partial charge in [0.05, 0.1) is 6.61 Å². The first-order valence-electron chi connectivity index (χ1n) is 12.1. The number of carboxylic acid groups (broad SMARTS) is 1. The number of hydrogen-bond acceptors (Lipinski definition) is 4. The minimum atomic E-state index is -0.692. The molecule has 0 aliphatic rings. The van der Waals surface area contributed by atoms with Gasteiger partial charge < -0.3 is 14.9 Å². The number of aliphatic hydroxyl groups is 1. The lowest BCUT2D eigenvalue weighted by Crippen LogP contribution is -2.05. The summed E-state index contributed by atoms with van der Waals surface area (Å²) >= 11 is 0. The first kappa shape index (κ1) is 27.9. The molecule has 0 radical (unpaired) electrons. The summed E-state index contributed by atoms with van der Waals surface area (Å²) in [5.41, 5.74) is 0. The van der Waals surface area contributed by atoms with E-state index in [1.807, 2.05) is 0 Å². The highest BCUT2D eigenvalue weighted by atomic mass is 16.5. The number of carbonyl (C=O) groups is 2. The maximum Gasteiger partial charge on any atom is 0.305 e. The molecule has 5 heteroatoms. The molecule has 0 aromatic heterocycles. The molecular formula is C24H46O5. The van der Waals surface area contributed by atoms with E-state index in [9.17, 15) is 9.59 Å². The van der Waals surface area contributed by atoms with Gasteiger partial charge >= 0.3 is 11.9 Å². The number of ether oxygens (including phenoxy) is 1. The Balaban J connectivity index is 3.16. The highest BCUT2D eigenvalue weighted by Gasteiger charge is 2.02. The number of hydrogen-bond donors (Lipinski definition) is 2. The standard InChI is InChI=1S/C24H46O5/c25-21-17-13-9-5-1-4-8-12-16-20-24(28)29-22-18-14-10-6-2-3-7-11-15-19-23(26)27/h25H,1-22H2,(H,26,27). The van der Waals surface area contributed by atoms with Gasteiger partial charge in [0.2, 0.25) is 0 Å². The highest BCUT2D eigenvalue weighted by Crippen LogP contribution is 2.12. The number of rotatable bonds is 23. The van der Waals surface area contributed by atoms with Gasteiger partial charge in [0.15, 0.2) is 0 Å². The van der Waals surface area contributed by atoms with Crippen molar-refractivity contribution >= 4 is 11.9 Å². The molecule has 5 nitrogen and oxygen atoms in total. The molecule has 0 heterocycles. The van der Waals surface area contributed by atoms with E-state index >= 15 is 0 Å². The molecule has 0 atom stereocenters. The maximum atomic E-state index is 11.7. The summed E-state index contributed by atoms with van der Waals surface area (Å²) in [4.78, 5) is 22.1. The van der Waals surface area contributed by atoms with Crippen LogP contribution < -0.4 is 0 Å². The molecule has 0 aliphatic carbocycles. The van der Waals surface area contributed by atoms with Crippen molar-refractivity contribution in [3.63, 3.8) is 0 Å². The summed E-state index contributed by atoms with van der Waals surface area (Å²) in [7, 11) is 0. The summed E-state index contributed by atoms with van der Waals surface area (Å²) < 4.78 is 5.31. The van der Waals surface area contributed by atoms with Crippen molar-refractivity contribution in [3.8, 4) is 0 Å². The molecule has 0 unspecified atom stereocenters. The average molecular weight is 415 g/mol. The SMILES string of the molecule is O=C(O)CCCCCCCCCCCOC(=O)CCCCCCCCCCCO. The summed E-state index contributed by atoms with van der Waals surface area (Å²) in [6.07, 6.45) is 21.0. The molecule has 172 valence electrons. The van der Waals surface area contributed by atoms with E-state index < -0.39 is 5.97 Å². The van der Waals surface area contributed by atoms with Gasteiger partial charge in [0.1, 0.15) is 0 Å². The molecule has 0 bridgehead atoms. The lowest BCUT2D eigenvalue weighted by Gasteiger charge is -2.05. The van der Waals surface area contributed by atoms with E-state index in [1.165, 1.54) is 57.8 Å². The van der Waals surface area contributed by atoms with Crippen molar-refractivity contribution in [2.24, 2.45) is 0 Å². The van der Waals surface area contributed by atoms with Crippen LogP contribution in [0, 0.1) is 0 Å². The maximum absolute atomic E-state index is 11.7. The van der Waals surface area contributed by atoms with Gasteiger partial charge in [-0.1, -0.05) is 89.9 Å². The van der Waals surface area contributed by atoms with Gasteiger partial charge in [-0.2, -0.15) is 0 Å². The van der Waals surface area contributed by atoms with Crippen molar-refractivity contribution in [3.05, 3.63) is 0 Å². The lowest BCUT2D eigenvalue weighted by molar-refractivity contribution is -0.144. The van der Waals surface area contributed by atoms with Gasteiger partial charge in [-0.15, -0.1) is 0 Å². The molecule has 29 heavy (non-hydrogen) atoms. The van der Waals surface area contributed by atoms with Crippen LogP contribution in [-0.2, 0) is 14.3 Å². The first-order chi connectivity index (χ1) is 14.2. The molecule has 0 saturated carbocycles. The second-order valence-corrected chi connectivity index (χ2v) is 8.20. The highest BCUT2D eigenvalue weighted by molar-refractivity contribution is 5.69. The van der Waals surface area contributed by atoms with Crippen LogP contribution in [0.25, 0.3) is 0 Å². The zero-order chi connectivity index (χ0) is 21.4. The lowest BCUT2D eigenvalue weighted by atomic mass is 10.1. The van der Waals surface area contributed by atoms with Crippen molar-refractivity contribution < 1.29 is 24.5 Å². The molecule has 0 aromatic carbocycles. The van der Waals surface area contributed by atoms with Crippen LogP contribution in [0.5, 0.6) is 0 Å². The Morgan fingerprint density at radius 3 is 1.34 bits per heavy atom. The predicted molar refractivity (Wildman–Crippen MR) is 118 cm³/mol. The zero-order valence-corrected chi connectivity index (χ0v) is 18.7. The first-order valence-corrected chi connectivity index (χ1v) is 12.1. The smallest absolute Gasteiger partial charge is 0.305 e. The Hall–Kier alpha value is -1.10. The molecule has 0 aliphatic heterocycles. The quantitative estimate of drug-likeness (QED) is 0.149. The van der Waals surface area contributed by atoms with Gasteiger partial charge in [0.25, 0.3) is 0 Å². The molecule has 0 fully saturated rings. The summed E-state index contributed by atoms with van der Waals surface area (Å²) in [6.45, 7) is 0.872. The van der Waals surface area contributed by atoms with Crippen LogP contribution in [0.15, 0.2) is 0 Å². The normalized spacial score (nSPS) is 10.9. The number of aliphatic hydroxyl groups excluding tert-OH is 1. The Morgan fingerprint density at radius 1 is 0.517 bits per heavy atom. The fourth-order valence-corrected chi connectivity index (χ4v) is 3.49. The van der Waals surface area contributed by atoms with Crippen LogP contribution in [0.1, 0.15) is 128 Å². The Morgan fingerprint density at radius 2 is 0.897 bits per heavy atom. The topological polar surface area (TPSA) is 83.8 Å². The molecule has 0 aromatic rings. The third-order valence-electron chi connectivity index (χ3n) is 5.34. The number of aliphatic carboxylic acids is 1. The van der Waals surface area contributed by atoms with Gasteiger partial charge in [0, 0.05) is 19.4 Å². The molecule has 2 N–H and O–H groups in total. The van der Waals surface area contributed by atoms with E-state index in [2.05, 4.69) is 0 Å². The second-order valence-electron chi connectivity index (χ2n) is 8.20. The average Bonchev–Trinajstić information content (AvgIpc) is 2.70. The minimum absolute atomic E-state index is 0.0460. The number of carbonyl (C=O) groups excluding carboxylic acids is 1. The Labute approximate surface area is 178 Å². The summed E-state index contributed by atoms with van der Waals surface area (Å²) in [5.74, 6) is -0.738. The van der Waals surface area contributed by atoms with E-state index in [1.54, 1.807) is 0 Å². The fraction of sp³-hybridized carbons (Fsp3) is 0.917. The molecule has 0 amide bonds. The summed E-state index contributed by atoms with van der Waals surface area (Å²) in [6, 6.07) is 0. The third-order valence-corrected chi connectivity index (χ3v) is 5.34. The fourth-order valence-electron chi connectivity index (χ4n) is 3.49. The molecule has 0 rings (SSSR count). The van der Waals surface area contributed by atoms with Gasteiger partial charge in [-0.05, 0) is 25.7 Å². The predicted octanol–water partition coefficient (Wildman–Crippen LogP) is 6.41. The van der Waals surface area contributed by atoms with E-state index in [0.29, 0.717) is 26.1 Å². The molecule has 0 saturated heterocycles. The molecule has 0 spiro atoms. The van der Waals surface area contributed by atoms with Crippen LogP contribution in [0.4, 0.5) is 0 Å². The van der Waals surface area contributed by atoms with Crippen molar-refractivity contribution in [2.75, 3.05) is 13.2 Å². The van der Waals surface area contributed by atoms with Gasteiger partial charge in [-0.25, -0.2) is 0 Å². The van der Waals surface area contributed by atoms with Crippen LogP contribution in [0.3, 0.4) is 0 Å². The monoisotopic (exact) mass is 414 g/mol. The van der Waals surface area contributed by atoms with Crippen molar-refractivity contribution in [1.29, 1.82) is 0 Å². The van der Waals surface area contributed by atoms with Crippen molar-refractivity contribution in [2.45, 2.75) is 128 Å². The molecular weight excluding hydrogens is 368 g/mol. The van der Waals surface area contributed by atoms with E-state index in [0.717, 1.165) is 57.8 Å². The number of esters is 1. The largest absolute Gasteiger partial charge is 0.481 e. The van der Waals surface area contributed by atoms with Crippen LogP contribution >= 0.6 is 0 Å². The van der Waals surface area contributed by atoms with E-state index in [4.69, 9.17) is 14.9 Å². The van der Waals surface area contributed by atoms with Crippen LogP contribution in [-0.4, -0.2) is 35.4 Å². The van der Waals surface area contributed by atoms with Gasteiger partial charge in [-0.3, -0.25) is 9.59 Å². The van der Waals surface area contributed by atoms with E-state index in [-0.39, 0.29) is 5.97 Å². The van der Waals surface area contributed by atoms with Crippen molar-refractivity contribution in [1.82, 2.24) is 0 Å². The Bertz CT molecular complexity index is 370. The summed E-state index contributed by atoms with van der Waals surface area (Å²) in [5, 5.41) is 17.3. The zero-order valence-electron chi connectivity index (χ0n) is 18.7. The minimum Gasteiger partial charge on any atom is -0.481 e. The number of unbranched alkanes of at least 4 members (excludes halogenated alkanes) is 16. The Kier molecular flexibility index (Phi) is 22.3. The van der Waals surface area contributed by atoms with Crippen LogP contribution in [0.2, 0.25) is 0 Å². The third kappa shape index (κ3) is 24.9. The number of carboxylic acids is 1.